The van der Waals surface area contributed by atoms with Gasteiger partial charge < -0.3 is 5.11 Å². The average molecular weight is 332 g/mol. The number of rotatable bonds is 3. The molecule has 1 aliphatic heterocycles. The minimum atomic E-state index is -0.252. The first-order valence-corrected chi connectivity index (χ1v) is 8.17. The molecule has 0 spiro atoms. The second kappa shape index (κ2) is 6.40. The number of aromatic hydroxyl groups is 1. The number of halogens is 1. The Bertz CT molecular complexity index is 889. The Labute approximate surface area is 145 Å². The fourth-order valence-corrected chi connectivity index (χ4v) is 3.10. The zero-order valence-electron chi connectivity index (χ0n) is 13.5. The van der Waals surface area contributed by atoms with E-state index in [2.05, 4.69) is 0 Å². The first-order chi connectivity index (χ1) is 12.2. The van der Waals surface area contributed by atoms with Gasteiger partial charge in [-0.3, -0.25) is 5.01 Å². The van der Waals surface area contributed by atoms with Crippen LogP contribution in [-0.2, 0) is 0 Å². The molecule has 4 heteroatoms. The Morgan fingerprint density at radius 1 is 0.880 bits per heavy atom. The van der Waals surface area contributed by atoms with Crippen LogP contribution in [0.15, 0.2) is 84.0 Å². The second-order valence-electron chi connectivity index (χ2n) is 6.05. The maximum Gasteiger partial charge on any atom is 0.123 e. The maximum absolute atomic E-state index is 13.2. The van der Waals surface area contributed by atoms with Crippen molar-refractivity contribution in [2.45, 2.75) is 12.5 Å². The van der Waals surface area contributed by atoms with Crippen molar-refractivity contribution in [3.8, 4) is 5.75 Å². The molecule has 1 heterocycles. The van der Waals surface area contributed by atoms with Crippen LogP contribution in [0.4, 0.5) is 10.1 Å². The smallest absolute Gasteiger partial charge is 0.123 e. The lowest BCUT2D eigenvalue weighted by molar-refractivity contribution is 0.475. The van der Waals surface area contributed by atoms with Gasteiger partial charge in [-0.05, 0) is 47.5 Å². The van der Waals surface area contributed by atoms with Gasteiger partial charge in [0.1, 0.15) is 11.6 Å². The van der Waals surface area contributed by atoms with E-state index in [9.17, 15) is 9.50 Å². The highest BCUT2D eigenvalue weighted by atomic mass is 19.1. The molecule has 0 saturated heterocycles. The first kappa shape index (κ1) is 15.4. The molecular formula is C21H17FN2O. The van der Waals surface area contributed by atoms with Crippen LogP contribution < -0.4 is 5.01 Å². The number of nitrogens with zero attached hydrogens (tertiary/aromatic N) is 2. The summed E-state index contributed by atoms with van der Waals surface area (Å²) in [6.45, 7) is 0. The molecule has 0 radical (unpaired) electrons. The van der Waals surface area contributed by atoms with E-state index in [1.165, 1.54) is 12.1 Å². The van der Waals surface area contributed by atoms with Crippen molar-refractivity contribution in [2.24, 2.45) is 5.10 Å². The first-order valence-electron chi connectivity index (χ1n) is 8.17. The van der Waals surface area contributed by atoms with Gasteiger partial charge in [-0.2, -0.15) is 5.10 Å². The van der Waals surface area contributed by atoms with Crippen LogP contribution in [-0.4, -0.2) is 10.8 Å². The molecule has 0 fully saturated rings. The summed E-state index contributed by atoms with van der Waals surface area (Å²) in [5.41, 5.74) is 3.91. The highest BCUT2D eigenvalue weighted by Gasteiger charge is 2.29. The monoisotopic (exact) mass is 332 g/mol. The Balaban J connectivity index is 1.73. The lowest BCUT2D eigenvalue weighted by Crippen LogP contribution is -2.18. The third-order valence-corrected chi connectivity index (χ3v) is 4.39. The number of benzene rings is 3. The van der Waals surface area contributed by atoms with Crippen molar-refractivity contribution in [3.63, 3.8) is 0 Å². The number of hydrogen-bond acceptors (Lipinski definition) is 3. The molecule has 3 nitrogen and oxygen atoms in total. The highest BCUT2D eigenvalue weighted by molar-refractivity contribution is 6.03. The van der Waals surface area contributed by atoms with Gasteiger partial charge in [0, 0.05) is 6.42 Å². The van der Waals surface area contributed by atoms with E-state index in [0.717, 1.165) is 22.5 Å². The third kappa shape index (κ3) is 3.11. The molecule has 0 saturated carbocycles. The molecular weight excluding hydrogens is 315 g/mol. The van der Waals surface area contributed by atoms with Crippen molar-refractivity contribution in [1.29, 1.82) is 0 Å². The standard InChI is InChI=1S/C21H17FN2O/c22-17-10-6-15(7-11-17)20-14-21(16-8-12-19(25)13-9-16)24(23-20)18-4-2-1-3-5-18/h1-13,21,25H,14H2. The number of hydrogen-bond donors (Lipinski definition) is 1. The zero-order chi connectivity index (χ0) is 17.2. The van der Waals surface area contributed by atoms with E-state index in [1.807, 2.05) is 47.5 Å². The lowest BCUT2D eigenvalue weighted by Gasteiger charge is -2.24. The minimum Gasteiger partial charge on any atom is -0.508 e. The van der Waals surface area contributed by atoms with Gasteiger partial charge in [0.2, 0.25) is 0 Å². The number of para-hydroxylation sites is 1. The predicted octanol–water partition coefficient (Wildman–Crippen LogP) is 4.89. The van der Waals surface area contributed by atoms with Crippen LogP contribution in [0.1, 0.15) is 23.6 Å². The summed E-state index contributed by atoms with van der Waals surface area (Å²) in [6.07, 6.45) is 0.714. The molecule has 0 aromatic heterocycles. The fraction of sp³-hybridized carbons (Fsp3) is 0.0952. The van der Waals surface area contributed by atoms with E-state index in [-0.39, 0.29) is 17.6 Å². The van der Waals surface area contributed by atoms with Crippen LogP contribution in [0.2, 0.25) is 0 Å². The zero-order valence-corrected chi connectivity index (χ0v) is 13.5. The summed E-state index contributed by atoms with van der Waals surface area (Å²) in [7, 11) is 0. The predicted molar refractivity (Wildman–Crippen MR) is 97.3 cm³/mol. The maximum atomic E-state index is 13.2. The highest BCUT2D eigenvalue weighted by Crippen LogP contribution is 2.36. The molecule has 0 amide bonds. The van der Waals surface area contributed by atoms with Crippen LogP contribution in [0.25, 0.3) is 0 Å². The average Bonchev–Trinajstić information content (AvgIpc) is 3.09. The molecule has 25 heavy (non-hydrogen) atoms. The topological polar surface area (TPSA) is 35.8 Å². The van der Waals surface area contributed by atoms with Gasteiger partial charge in [0.25, 0.3) is 0 Å². The molecule has 0 aliphatic carbocycles. The molecule has 3 aromatic carbocycles. The van der Waals surface area contributed by atoms with Crippen molar-refractivity contribution in [1.82, 2.24) is 0 Å². The van der Waals surface area contributed by atoms with Gasteiger partial charge in [0.15, 0.2) is 0 Å². The Hall–Kier alpha value is -3.14. The third-order valence-electron chi connectivity index (χ3n) is 4.39. The van der Waals surface area contributed by atoms with Gasteiger partial charge >= 0.3 is 0 Å². The normalized spacial score (nSPS) is 16.8. The van der Waals surface area contributed by atoms with Crippen molar-refractivity contribution < 1.29 is 9.50 Å². The van der Waals surface area contributed by atoms with Gasteiger partial charge in [0.05, 0.1) is 17.4 Å². The summed E-state index contributed by atoms with van der Waals surface area (Å²) in [4.78, 5) is 0. The Morgan fingerprint density at radius 3 is 2.24 bits per heavy atom. The summed E-state index contributed by atoms with van der Waals surface area (Å²) < 4.78 is 13.2. The van der Waals surface area contributed by atoms with Crippen LogP contribution >= 0.6 is 0 Å². The SMILES string of the molecule is Oc1ccc(C2CC(c3ccc(F)cc3)=NN2c2ccccc2)cc1. The molecule has 124 valence electrons. The van der Waals surface area contributed by atoms with Gasteiger partial charge in [-0.25, -0.2) is 4.39 Å². The van der Waals surface area contributed by atoms with Crippen LogP contribution in [0.3, 0.4) is 0 Å². The Morgan fingerprint density at radius 2 is 1.56 bits per heavy atom. The number of phenols is 1. The van der Waals surface area contributed by atoms with Crippen LogP contribution in [0, 0.1) is 5.82 Å². The van der Waals surface area contributed by atoms with E-state index in [0.29, 0.717) is 6.42 Å². The quantitative estimate of drug-likeness (QED) is 0.741. The number of phenolic OH excluding ortho intramolecular Hbond substituents is 1. The Kier molecular flexibility index (Phi) is 3.94. The summed E-state index contributed by atoms with van der Waals surface area (Å²) >= 11 is 0. The number of anilines is 1. The van der Waals surface area contributed by atoms with E-state index in [1.54, 1.807) is 24.3 Å². The summed E-state index contributed by atoms with van der Waals surface area (Å²) in [5.74, 6) is -0.00923. The summed E-state index contributed by atoms with van der Waals surface area (Å²) in [6, 6.07) is 23.6. The molecule has 1 atom stereocenters. The molecule has 1 N–H and O–H groups in total. The lowest BCUT2D eigenvalue weighted by atomic mass is 9.98. The minimum absolute atomic E-state index is 0.0306. The van der Waals surface area contributed by atoms with Crippen molar-refractivity contribution >= 4 is 11.4 Å². The molecule has 1 unspecified atom stereocenters. The van der Waals surface area contributed by atoms with Crippen molar-refractivity contribution in [3.05, 3.63) is 95.8 Å². The van der Waals surface area contributed by atoms with E-state index in [4.69, 9.17) is 5.10 Å². The molecule has 3 aromatic rings. The second-order valence-corrected chi connectivity index (χ2v) is 6.05. The fourth-order valence-electron chi connectivity index (χ4n) is 3.10. The van der Waals surface area contributed by atoms with E-state index >= 15 is 0 Å². The molecule has 1 aliphatic rings. The molecule has 0 bridgehead atoms. The molecule has 4 rings (SSSR count). The summed E-state index contributed by atoms with van der Waals surface area (Å²) in [5, 5.41) is 16.4. The largest absolute Gasteiger partial charge is 0.508 e. The van der Waals surface area contributed by atoms with Gasteiger partial charge in [-0.15, -0.1) is 0 Å². The van der Waals surface area contributed by atoms with E-state index < -0.39 is 0 Å². The van der Waals surface area contributed by atoms with Gasteiger partial charge in [-0.1, -0.05) is 42.5 Å². The van der Waals surface area contributed by atoms with Crippen molar-refractivity contribution in [2.75, 3.05) is 5.01 Å². The number of hydrazone groups is 1. The van der Waals surface area contributed by atoms with Crippen LogP contribution in [0.5, 0.6) is 5.75 Å².